The highest BCUT2D eigenvalue weighted by atomic mass is 16.6. The zero-order chi connectivity index (χ0) is 30.6. The molecule has 0 saturated carbocycles. The topological polar surface area (TPSA) is 114 Å². The Morgan fingerprint density at radius 2 is 0.780 bits per heavy atom. The molecule has 0 heterocycles. The fourth-order valence-corrected chi connectivity index (χ4v) is 4.04. The molecule has 0 aromatic heterocycles. The van der Waals surface area contributed by atoms with E-state index < -0.39 is 18.2 Å². The second-order valence-electron chi connectivity index (χ2n) is 10.7. The van der Waals surface area contributed by atoms with Crippen LogP contribution in [-0.2, 0) is 42.9 Å². The first kappa shape index (κ1) is 38.8. The Balaban J connectivity index is 4.86. The maximum atomic E-state index is 12.3. The van der Waals surface area contributed by atoms with Gasteiger partial charge in [-0.05, 0) is 25.7 Å². The monoisotopic (exact) mass is 586 g/mol. The summed E-state index contributed by atoms with van der Waals surface area (Å²) in [5.41, 5.74) is 0. The summed E-state index contributed by atoms with van der Waals surface area (Å²) in [6.07, 6.45) is 13.1. The summed E-state index contributed by atoms with van der Waals surface area (Å²) in [6.45, 7) is 7.89. The molecule has 0 saturated heterocycles. The van der Waals surface area contributed by atoms with Crippen LogP contribution in [0.2, 0.25) is 0 Å². The second kappa shape index (κ2) is 28.0. The molecule has 0 spiro atoms. The van der Waals surface area contributed by atoms with E-state index in [4.69, 9.17) is 23.7 Å². The van der Waals surface area contributed by atoms with Gasteiger partial charge in [-0.2, -0.15) is 0 Å². The molecule has 41 heavy (non-hydrogen) atoms. The van der Waals surface area contributed by atoms with E-state index in [0.29, 0.717) is 19.3 Å². The summed E-state index contributed by atoms with van der Waals surface area (Å²) < 4.78 is 27.5. The normalized spacial score (nSPS) is 12.4. The Hall–Kier alpha value is -2.16. The molecule has 0 amide bonds. The quantitative estimate of drug-likeness (QED) is 0.0542. The molecule has 2 unspecified atom stereocenters. The average molecular weight is 587 g/mol. The summed E-state index contributed by atoms with van der Waals surface area (Å²) in [7, 11) is 0. The molecule has 0 aromatic rings. The van der Waals surface area contributed by atoms with Crippen LogP contribution in [0, 0.1) is 0 Å². The molecule has 0 radical (unpaired) electrons. The van der Waals surface area contributed by atoms with Gasteiger partial charge in [0.2, 0.25) is 0 Å². The lowest BCUT2D eigenvalue weighted by Crippen LogP contribution is -2.34. The second-order valence-corrected chi connectivity index (χ2v) is 10.7. The van der Waals surface area contributed by atoms with Crippen molar-refractivity contribution in [2.24, 2.45) is 0 Å². The minimum Gasteiger partial charge on any atom is -0.462 e. The average Bonchev–Trinajstić information content (AvgIpc) is 2.94. The SMILES string of the molecule is CCCCCCCC(=O)OCC(COCC(COC(=O)CCCCCCC)OC(=O)CCCCC)OC(=O)CCC. The van der Waals surface area contributed by atoms with Gasteiger partial charge >= 0.3 is 23.9 Å². The number of rotatable bonds is 28. The molecule has 0 fully saturated rings. The summed E-state index contributed by atoms with van der Waals surface area (Å²) in [5, 5.41) is 0. The Labute approximate surface area is 248 Å². The van der Waals surface area contributed by atoms with E-state index >= 15 is 0 Å². The van der Waals surface area contributed by atoms with Crippen LogP contribution in [0.3, 0.4) is 0 Å². The van der Waals surface area contributed by atoms with Crippen molar-refractivity contribution >= 4 is 23.9 Å². The number of carbonyl (C=O) groups is 4. The molecular formula is C32H58O9. The molecule has 0 aliphatic carbocycles. The van der Waals surface area contributed by atoms with Gasteiger partial charge in [0.05, 0.1) is 13.2 Å². The van der Waals surface area contributed by atoms with E-state index in [2.05, 4.69) is 20.8 Å². The summed E-state index contributed by atoms with van der Waals surface area (Å²) in [4.78, 5) is 48.8. The van der Waals surface area contributed by atoms with Crippen molar-refractivity contribution in [3.8, 4) is 0 Å². The third-order valence-electron chi connectivity index (χ3n) is 6.47. The van der Waals surface area contributed by atoms with Crippen LogP contribution < -0.4 is 0 Å². The minimum absolute atomic E-state index is 0.0451. The van der Waals surface area contributed by atoms with E-state index in [0.717, 1.165) is 83.5 Å². The number of unbranched alkanes of at least 4 members (excludes halogenated alkanes) is 10. The van der Waals surface area contributed by atoms with Crippen molar-refractivity contribution in [1.29, 1.82) is 0 Å². The van der Waals surface area contributed by atoms with Gasteiger partial charge in [-0.1, -0.05) is 91.9 Å². The molecule has 0 aliphatic heterocycles. The van der Waals surface area contributed by atoms with Gasteiger partial charge in [0.25, 0.3) is 0 Å². The lowest BCUT2D eigenvalue weighted by molar-refractivity contribution is -0.168. The number of hydrogen-bond donors (Lipinski definition) is 0. The highest BCUT2D eigenvalue weighted by Gasteiger charge is 2.21. The standard InChI is InChI=1S/C32H58O9/c1-5-9-12-14-17-20-29(33)38-25-27(40-31(35)19-8-4)23-37-24-28(41-32(36)22-16-11-7-3)26-39-30(34)21-18-15-13-10-6-2/h27-28H,5-26H2,1-4H3. The summed E-state index contributed by atoms with van der Waals surface area (Å²) in [6, 6.07) is 0. The van der Waals surface area contributed by atoms with Crippen LogP contribution in [0.25, 0.3) is 0 Å². The van der Waals surface area contributed by atoms with E-state index in [-0.39, 0.29) is 57.2 Å². The van der Waals surface area contributed by atoms with Crippen LogP contribution in [0.4, 0.5) is 0 Å². The highest BCUT2D eigenvalue weighted by Crippen LogP contribution is 2.10. The maximum absolute atomic E-state index is 12.3. The highest BCUT2D eigenvalue weighted by molar-refractivity contribution is 5.71. The number of carbonyl (C=O) groups excluding carboxylic acids is 4. The van der Waals surface area contributed by atoms with Crippen molar-refractivity contribution < 1.29 is 42.9 Å². The maximum Gasteiger partial charge on any atom is 0.306 e. The van der Waals surface area contributed by atoms with Gasteiger partial charge in [-0.15, -0.1) is 0 Å². The van der Waals surface area contributed by atoms with Crippen molar-refractivity contribution in [1.82, 2.24) is 0 Å². The smallest absolute Gasteiger partial charge is 0.306 e. The third-order valence-corrected chi connectivity index (χ3v) is 6.47. The zero-order valence-corrected chi connectivity index (χ0v) is 26.4. The first-order valence-corrected chi connectivity index (χ1v) is 16.1. The lowest BCUT2D eigenvalue weighted by Gasteiger charge is -2.21. The Bertz CT molecular complexity index is 680. The van der Waals surface area contributed by atoms with E-state index in [9.17, 15) is 19.2 Å². The molecule has 0 rings (SSSR count). The van der Waals surface area contributed by atoms with Crippen LogP contribution in [-0.4, -0.2) is 62.5 Å². The number of hydrogen-bond acceptors (Lipinski definition) is 9. The fourth-order valence-electron chi connectivity index (χ4n) is 4.04. The van der Waals surface area contributed by atoms with Crippen LogP contribution >= 0.6 is 0 Å². The number of esters is 4. The molecule has 0 bridgehead atoms. The summed E-state index contributed by atoms with van der Waals surface area (Å²) >= 11 is 0. The van der Waals surface area contributed by atoms with Gasteiger partial charge in [0.1, 0.15) is 13.2 Å². The van der Waals surface area contributed by atoms with E-state index in [1.54, 1.807) is 0 Å². The number of ether oxygens (including phenoxy) is 5. The van der Waals surface area contributed by atoms with Gasteiger partial charge in [-0.25, -0.2) is 0 Å². The summed E-state index contributed by atoms with van der Waals surface area (Å²) in [5.74, 6) is -1.44. The Kier molecular flexibility index (Phi) is 26.5. The van der Waals surface area contributed by atoms with Crippen molar-refractivity contribution in [2.45, 2.75) is 155 Å². The van der Waals surface area contributed by atoms with Gasteiger partial charge in [-0.3, -0.25) is 19.2 Å². The molecule has 9 heteroatoms. The zero-order valence-electron chi connectivity index (χ0n) is 26.4. The first-order chi connectivity index (χ1) is 19.9. The van der Waals surface area contributed by atoms with Crippen LogP contribution in [0.5, 0.6) is 0 Å². The van der Waals surface area contributed by atoms with Gasteiger partial charge in [0.15, 0.2) is 12.2 Å². The predicted octanol–water partition coefficient (Wildman–Crippen LogP) is 7.01. The predicted molar refractivity (Wildman–Crippen MR) is 158 cm³/mol. The lowest BCUT2D eigenvalue weighted by atomic mass is 10.1. The van der Waals surface area contributed by atoms with E-state index in [1.165, 1.54) is 0 Å². The molecule has 0 N–H and O–H groups in total. The largest absolute Gasteiger partial charge is 0.462 e. The molecule has 2 atom stereocenters. The van der Waals surface area contributed by atoms with Gasteiger partial charge < -0.3 is 23.7 Å². The fraction of sp³-hybridized carbons (Fsp3) is 0.875. The molecular weight excluding hydrogens is 528 g/mol. The molecule has 9 nitrogen and oxygen atoms in total. The first-order valence-electron chi connectivity index (χ1n) is 16.1. The van der Waals surface area contributed by atoms with Gasteiger partial charge in [0, 0.05) is 25.7 Å². The molecule has 240 valence electrons. The van der Waals surface area contributed by atoms with Crippen molar-refractivity contribution in [3.63, 3.8) is 0 Å². The molecule has 0 aliphatic rings. The minimum atomic E-state index is -0.787. The van der Waals surface area contributed by atoms with Crippen molar-refractivity contribution in [3.05, 3.63) is 0 Å². The molecule has 0 aromatic carbocycles. The van der Waals surface area contributed by atoms with Crippen molar-refractivity contribution in [2.75, 3.05) is 26.4 Å². The van der Waals surface area contributed by atoms with Crippen LogP contribution in [0.1, 0.15) is 143 Å². The van der Waals surface area contributed by atoms with E-state index in [1.807, 2.05) is 6.92 Å². The third kappa shape index (κ3) is 25.3. The Morgan fingerprint density at radius 1 is 0.415 bits per heavy atom. The van der Waals surface area contributed by atoms with Crippen LogP contribution in [0.15, 0.2) is 0 Å². The Morgan fingerprint density at radius 3 is 1.22 bits per heavy atom.